The van der Waals surface area contributed by atoms with Gasteiger partial charge in [0, 0.05) is 16.6 Å². The van der Waals surface area contributed by atoms with Crippen LogP contribution in [0.15, 0.2) is 18.2 Å². The monoisotopic (exact) mass is 227 g/mol. The standard InChI is InChI=1S/C12H15ClFN/c1-2-15-12(8-3-4-8)10-6-5-9(13)7-11(10)14/h5-8,12,15H,2-4H2,1H3. The molecule has 0 aliphatic heterocycles. The van der Waals surface area contributed by atoms with Gasteiger partial charge in [0.25, 0.3) is 0 Å². The molecule has 1 unspecified atom stereocenters. The lowest BCUT2D eigenvalue weighted by molar-refractivity contribution is 0.469. The maximum Gasteiger partial charge on any atom is 0.129 e. The molecule has 0 amide bonds. The fourth-order valence-corrected chi connectivity index (χ4v) is 2.09. The maximum atomic E-state index is 13.7. The Balaban J connectivity index is 2.24. The minimum atomic E-state index is -0.194. The van der Waals surface area contributed by atoms with E-state index >= 15 is 0 Å². The summed E-state index contributed by atoms with van der Waals surface area (Å²) in [5.74, 6) is 0.404. The zero-order valence-corrected chi connectivity index (χ0v) is 9.52. The molecule has 0 saturated heterocycles. The molecule has 1 N–H and O–H groups in total. The second kappa shape index (κ2) is 4.50. The van der Waals surface area contributed by atoms with E-state index in [1.54, 1.807) is 12.1 Å². The van der Waals surface area contributed by atoms with Crippen LogP contribution in [0.5, 0.6) is 0 Å². The molecule has 1 aromatic rings. The summed E-state index contributed by atoms with van der Waals surface area (Å²) >= 11 is 5.73. The van der Waals surface area contributed by atoms with Crippen molar-refractivity contribution < 1.29 is 4.39 Å². The second-order valence-electron chi connectivity index (χ2n) is 4.04. The van der Waals surface area contributed by atoms with E-state index in [1.807, 2.05) is 6.92 Å². The Hall–Kier alpha value is -0.600. The van der Waals surface area contributed by atoms with E-state index in [2.05, 4.69) is 5.32 Å². The van der Waals surface area contributed by atoms with Crippen molar-refractivity contribution in [1.82, 2.24) is 5.32 Å². The molecule has 0 radical (unpaired) electrons. The van der Waals surface area contributed by atoms with E-state index in [4.69, 9.17) is 11.6 Å². The van der Waals surface area contributed by atoms with Gasteiger partial charge in [-0.25, -0.2) is 4.39 Å². The van der Waals surface area contributed by atoms with Crippen molar-refractivity contribution in [3.8, 4) is 0 Å². The van der Waals surface area contributed by atoms with Crippen LogP contribution >= 0.6 is 11.6 Å². The summed E-state index contributed by atoms with van der Waals surface area (Å²) in [6.07, 6.45) is 2.39. The molecule has 1 fully saturated rings. The van der Waals surface area contributed by atoms with Crippen LogP contribution in [0, 0.1) is 11.7 Å². The number of hydrogen-bond donors (Lipinski definition) is 1. The van der Waals surface area contributed by atoms with Crippen LogP contribution < -0.4 is 5.32 Å². The van der Waals surface area contributed by atoms with Gasteiger partial charge >= 0.3 is 0 Å². The summed E-state index contributed by atoms with van der Waals surface area (Å²) in [5, 5.41) is 3.80. The molecular weight excluding hydrogens is 213 g/mol. The SMILES string of the molecule is CCNC(c1ccc(Cl)cc1F)C1CC1. The molecule has 2 rings (SSSR count). The van der Waals surface area contributed by atoms with Crippen LogP contribution in [0.4, 0.5) is 4.39 Å². The van der Waals surface area contributed by atoms with Crippen LogP contribution in [0.25, 0.3) is 0 Å². The van der Waals surface area contributed by atoms with Gasteiger partial charge in [-0.3, -0.25) is 0 Å². The molecule has 1 saturated carbocycles. The van der Waals surface area contributed by atoms with Gasteiger partial charge in [-0.1, -0.05) is 24.6 Å². The molecule has 0 heterocycles. The normalized spacial score (nSPS) is 17.8. The average Bonchev–Trinajstić information content (AvgIpc) is 2.98. The molecule has 0 bridgehead atoms. The minimum absolute atomic E-state index is 0.160. The van der Waals surface area contributed by atoms with Crippen LogP contribution in [0.3, 0.4) is 0 Å². The van der Waals surface area contributed by atoms with Gasteiger partial charge in [0.1, 0.15) is 5.82 Å². The van der Waals surface area contributed by atoms with Gasteiger partial charge in [0.2, 0.25) is 0 Å². The van der Waals surface area contributed by atoms with Crippen LogP contribution in [0.1, 0.15) is 31.4 Å². The Morgan fingerprint density at radius 3 is 2.80 bits per heavy atom. The molecule has 3 heteroatoms. The third-order valence-electron chi connectivity index (χ3n) is 2.82. The zero-order chi connectivity index (χ0) is 10.8. The molecular formula is C12H15ClFN. The first kappa shape index (κ1) is 10.9. The van der Waals surface area contributed by atoms with Crippen molar-refractivity contribution in [3.05, 3.63) is 34.6 Å². The molecule has 1 nitrogen and oxygen atoms in total. The molecule has 1 atom stereocenters. The number of hydrogen-bond acceptors (Lipinski definition) is 1. The van der Waals surface area contributed by atoms with Gasteiger partial charge < -0.3 is 5.32 Å². The molecule has 0 spiro atoms. The highest BCUT2D eigenvalue weighted by Crippen LogP contribution is 2.41. The number of rotatable bonds is 4. The second-order valence-corrected chi connectivity index (χ2v) is 4.48. The summed E-state index contributed by atoms with van der Waals surface area (Å²) in [4.78, 5) is 0. The summed E-state index contributed by atoms with van der Waals surface area (Å²) in [6, 6.07) is 5.10. The van der Waals surface area contributed by atoms with E-state index in [9.17, 15) is 4.39 Å². The summed E-state index contributed by atoms with van der Waals surface area (Å²) < 4.78 is 13.7. The van der Waals surface area contributed by atoms with E-state index < -0.39 is 0 Å². The van der Waals surface area contributed by atoms with Crippen molar-refractivity contribution in [2.24, 2.45) is 5.92 Å². The summed E-state index contributed by atoms with van der Waals surface area (Å²) in [6.45, 7) is 2.91. The van der Waals surface area contributed by atoms with Crippen molar-refractivity contribution in [2.75, 3.05) is 6.54 Å². The first-order valence-corrected chi connectivity index (χ1v) is 5.78. The Morgan fingerprint density at radius 2 is 2.27 bits per heavy atom. The lowest BCUT2D eigenvalue weighted by atomic mass is 10.0. The lowest BCUT2D eigenvalue weighted by Crippen LogP contribution is -2.23. The topological polar surface area (TPSA) is 12.0 Å². The highest BCUT2D eigenvalue weighted by Gasteiger charge is 2.33. The van der Waals surface area contributed by atoms with Gasteiger partial charge in [-0.05, 0) is 37.4 Å². The minimum Gasteiger partial charge on any atom is -0.310 e. The van der Waals surface area contributed by atoms with Crippen molar-refractivity contribution in [1.29, 1.82) is 0 Å². The Bertz CT molecular complexity index is 349. The summed E-state index contributed by atoms with van der Waals surface area (Å²) in [7, 11) is 0. The quantitative estimate of drug-likeness (QED) is 0.830. The largest absolute Gasteiger partial charge is 0.310 e. The molecule has 0 aromatic heterocycles. The lowest BCUT2D eigenvalue weighted by Gasteiger charge is -2.18. The smallest absolute Gasteiger partial charge is 0.129 e. The predicted octanol–water partition coefficient (Wildman–Crippen LogP) is 3.54. The van der Waals surface area contributed by atoms with Crippen molar-refractivity contribution in [2.45, 2.75) is 25.8 Å². The average molecular weight is 228 g/mol. The third kappa shape index (κ3) is 2.50. The Labute approximate surface area is 94.6 Å². The summed E-state index contributed by atoms with van der Waals surface area (Å²) in [5.41, 5.74) is 0.753. The van der Waals surface area contributed by atoms with Crippen molar-refractivity contribution in [3.63, 3.8) is 0 Å². The van der Waals surface area contributed by atoms with Crippen LogP contribution in [-0.4, -0.2) is 6.54 Å². The van der Waals surface area contributed by atoms with Gasteiger partial charge in [-0.15, -0.1) is 0 Å². The van der Waals surface area contributed by atoms with Crippen LogP contribution in [0.2, 0.25) is 5.02 Å². The highest BCUT2D eigenvalue weighted by molar-refractivity contribution is 6.30. The van der Waals surface area contributed by atoms with E-state index in [1.165, 1.54) is 18.9 Å². The van der Waals surface area contributed by atoms with E-state index in [-0.39, 0.29) is 11.9 Å². The predicted molar refractivity (Wildman–Crippen MR) is 60.6 cm³/mol. The molecule has 15 heavy (non-hydrogen) atoms. The van der Waals surface area contributed by atoms with E-state index in [0.717, 1.165) is 12.1 Å². The van der Waals surface area contributed by atoms with Crippen LogP contribution in [-0.2, 0) is 0 Å². The number of nitrogens with one attached hydrogen (secondary N) is 1. The molecule has 1 aliphatic rings. The van der Waals surface area contributed by atoms with Gasteiger partial charge in [0.05, 0.1) is 0 Å². The fraction of sp³-hybridized carbons (Fsp3) is 0.500. The molecule has 82 valence electrons. The number of halogens is 2. The fourth-order valence-electron chi connectivity index (χ4n) is 1.93. The maximum absolute atomic E-state index is 13.7. The number of benzene rings is 1. The highest BCUT2D eigenvalue weighted by atomic mass is 35.5. The van der Waals surface area contributed by atoms with Gasteiger partial charge in [0.15, 0.2) is 0 Å². The zero-order valence-electron chi connectivity index (χ0n) is 8.76. The molecule has 1 aliphatic carbocycles. The van der Waals surface area contributed by atoms with E-state index in [0.29, 0.717) is 10.9 Å². The first-order chi connectivity index (χ1) is 7.22. The Kier molecular flexibility index (Phi) is 3.27. The van der Waals surface area contributed by atoms with Crippen molar-refractivity contribution >= 4 is 11.6 Å². The third-order valence-corrected chi connectivity index (χ3v) is 3.05. The Morgan fingerprint density at radius 1 is 1.53 bits per heavy atom. The first-order valence-electron chi connectivity index (χ1n) is 5.40. The van der Waals surface area contributed by atoms with Gasteiger partial charge in [-0.2, -0.15) is 0 Å². The molecule has 1 aromatic carbocycles.